The zero-order chi connectivity index (χ0) is 47.4. The van der Waals surface area contributed by atoms with Crippen LogP contribution in [0.1, 0.15) is 113 Å². The molecule has 0 aliphatic carbocycles. The maximum absolute atomic E-state index is 14.5. The van der Waals surface area contributed by atoms with Crippen molar-refractivity contribution in [3.63, 3.8) is 0 Å². The van der Waals surface area contributed by atoms with Gasteiger partial charge in [-0.15, -0.1) is 0 Å². The van der Waals surface area contributed by atoms with Crippen LogP contribution in [0.4, 0.5) is 14.4 Å². The van der Waals surface area contributed by atoms with Gasteiger partial charge in [0.15, 0.2) is 0 Å². The fraction of sp³-hybridized carbons (Fsp3) is 0.600. The van der Waals surface area contributed by atoms with Crippen molar-refractivity contribution in [2.75, 3.05) is 39.3 Å². The van der Waals surface area contributed by atoms with E-state index in [1.807, 2.05) is 65.8 Å². The molecule has 1 fully saturated rings. The number of halogens is 2. The number of nitrogens with zero attached hydrogens (tertiary/aromatic N) is 3. The van der Waals surface area contributed by atoms with Gasteiger partial charge in [-0.3, -0.25) is 9.69 Å². The quantitative estimate of drug-likeness (QED) is 0.101. The Morgan fingerprint density at radius 1 is 0.766 bits per heavy atom. The van der Waals surface area contributed by atoms with E-state index in [4.69, 9.17) is 37.4 Å². The SMILES string of the molecule is CC(C)C[C@@H]1CN(C[C@H](Cc2ccc(Cl)cc2Cl)NC(=O)OC(C)(C)C)[C@@H](CCCCN(CCNC(=O)OC(C)(C)C)C(=O)OC(C)(C)C)CN1C(=O)Cc1ccc2ccccc2c1. The molecule has 3 atom stereocenters. The average Bonchev–Trinajstić information content (AvgIpc) is 3.15. The van der Waals surface area contributed by atoms with Gasteiger partial charge in [0.05, 0.1) is 6.42 Å². The van der Waals surface area contributed by atoms with Crippen LogP contribution in [-0.4, -0.2) is 113 Å². The van der Waals surface area contributed by atoms with Crippen LogP contribution in [0, 0.1) is 5.92 Å². The number of amides is 4. The van der Waals surface area contributed by atoms with Crippen molar-refractivity contribution in [2.45, 2.75) is 150 Å². The number of hydrogen-bond donors (Lipinski definition) is 2. The van der Waals surface area contributed by atoms with Crippen molar-refractivity contribution in [3.05, 3.63) is 81.8 Å². The molecule has 1 aliphatic heterocycles. The van der Waals surface area contributed by atoms with E-state index in [9.17, 15) is 19.2 Å². The second-order valence-corrected chi connectivity index (χ2v) is 21.3. The lowest BCUT2D eigenvalue weighted by Crippen LogP contribution is -2.62. The molecule has 0 unspecified atom stereocenters. The molecular formula is C50H73Cl2N5O7. The monoisotopic (exact) mass is 925 g/mol. The van der Waals surface area contributed by atoms with Crippen molar-refractivity contribution in [1.82, 2.24) is 25.3 Å². The lowest BCUT2D eigenvalue weighted by molar-refractivity contribution is -0.138. The first-order chi connectivity index (χ1) is 29.8. The lowest BCUT2D eigenvalue weighted by atomic mass is 9.93. The normalized spacial score (nSPS) is 16.6. The predicted octanol–water partition coefficient (Wildman–Crippen LogP) is 10.7. The molecule has 4 rings (SSSR count). The summed E-state index contributed by atoms with van der Waals surface area (Å²) in [6.07, 6.45) is 2.08. The Morgan fingerprint density at radius 3 is 2.06 bits per heavy atom. The number of carbonyl (C=O) groups is 4. The molecule has 3 aromatic carbocycles. The zero-order valence-corrected chi connectivity index (χ0v) is 41.5. The summed E-state index contributed by atoms with van der Waals surface area (Å²) in [6, 6.07) is 19.2. The minimum absolute atomic E-state index is 0.0642. The number of unbranched alkanes of at least 4 members (excludes halogenated alkanes) is 1. The standard InChI is InChI=1S/C50H73Cl2N5O7/c1-34(2)26-42-32-56(31-40(54-46(60)63-49(6,7)8)29-38-21-22-39(51)30-43(38)52)41(33-57(42)44(58)28-35-19-20-36-16-12-13-17-37(36)27-35)18-14-15-24-55(47(61)64-50(9,10)11)25-23-53-45(59)62-48(3,4)5/h12-13,16-17,19-22,27,30,34,40-42H,14-15,18,23-26,28-29,31-33H2,1-11H3,(H,53,59)(H,54,60)/t40-,41-,42+/m0/s1. The first-order valence-corrected chi connectivity index (χ1v) is 23.5. The highest BCUT2D eigenvalue weighted by Gasteiger charge is 2.38. The number of alkyl carbamates (subject to hydrolysis) is 2. The Balaban J connectivity index is 1.61. The number of nitrogens with one attached hydrogen (secondary N) is 2. The molecular weight excluding hydrogens is 853 g/mol. The summed E-state index contributed by atoms with van der Waals surface area (Å²) >= 11 is 13.0. The van der Waals surface area contributed by atoms with Crippen molar-refractivity contribution in [3.8, 4) is 0 Å². The van der Waals surface area contributed by atoms with Crippen molar-refractivity contribution in [1.29, 1.82) is 0 Å². The second-order valence-electron chi connectivity index (χ2n) is 20.5. The van der Waals surface area contributed by atoms with Crippen LogP contribution in [0.15, 0.2) is 60.7 Å². The van der Waals surface area contributed by atoms with Crippen molar-refractivity contribution in [2.24, 2.45) is 5.92 Å². The number of rotatable bonds is 17. The average molecular weight is 927 g/mol. The Kier molecular flexibility index (Phi) is 19.0. The van der Waals surface area contributed by atoms with Crippen LogP contribution in [-0.2, 0) is 31.8 Å². The highest BCUT2D eigenvalue weighted by Crippen LogP contribution is 2.28. The smallest absolute Gasteiger partial charge is 0.410 e. The number of piperazine rings is 1. The van der Waals surface area contributed by atoms with E-state index in [1.165, 1.54) is 0 Å². The van der Waals surface area contributed by atoms with Gasteiger partial charge in [0.2, 0.25) is 5.91 Å². The van der Waals surface area contributed by atoms with E-state index in [0.29, 0.717) is 61.4 Å². The number of ether oxygens (including phenoxy) is 3. The number of hydrogen-bond acceptors (Lipinski definition) is 8. The van der Waals surface area contributed by atoms with Crippen LogP contribution in [0.2, 0.25) is 10.0 Å². The largest absolute Gasteiger partial charge is 0.444 e. The topological polar surface area (TPSA) is 130 Å². The summed E-state index contributed by atoms with van der Waals surface area (Å²) in [4.78, 5) is 59.8. The minimum Gasteiger partial charge on any atom is -0.444 e. The fourth-order valence-corrected chi connectivity index (χ4v) is 8.45. The Morgan fingerprint density at radius 2 is 1.42 bits per heavy atom. The Hall–Kier alpha value is -4.26. The fourth-order valence-electron chi connectivity index (χ4n) is 7.97. The molecule has 0 saturated carbocycles. The molecule has 1 aliphatic rings. The first kappa shape index (κ1) is 52.4. The van der Waals surface area contributed by atoms with Gasteiger partial charge in [0.1, 0.15) is 16.8 Å². The molecule has 2 N–H and O–H groups in total. The van der Waals surface area contributed by atoms with Crippen molar-refractivity contribution >= 4 is 58.2 Å². The van der Waals surface area contributed by atoms with Gasteiger partial charge in [-0.25, -0.2) is 14.4 Å². The van der Waals surface area contributed by atoms with E-state index in [0.717, 1.165) is 34.7 Å². The van der Waals surface area contributed by atoms with Gasteiger partial charge in [0.25, 0.3) is 0 Å². The summed E-state index contributed by atoms with van der Waals surface area (Å²) in [5, 5.41) is 9.16. The molecule has 12 nitrogen and oxygen atoms in total. The molecule has 0 spiro atoms. The molecule has 3 aromatic rings. The first-order valence-electron chi connectivity index (χ1n) is 22.7. The maximum Gasteiger partial charge on any atom is 0.410 e. The lowest BCUT2D eigenvalue weighted by Gasteiger charge is -2.48. The van der Waals surface area contributed by atoms with E-state index in [2.05, 4.69) is 58.5 Å². The summed E-state index contributed by atoms with van der Waals surface area (Å²) in [5.74, 6) is 0.405. The molecule has 0 radical (unpaired) electrons. The van der Waals surface area contributed by atoms with Crippen LogP contribution in [0.25, 0.3) is 10.8 Å². The number of benzene rings is 3. The van der Waals surface area contributed by atoms with Crippen LogP contribution in [0.5, 0.6) is 0 Å². The summed E-state index contributed by atoms with van der Waals surface area (Å²) in [5.41, 5.74) is -0.243. The molecule has 354 valence electrons. The minimum atomic E-state index is -0.702. The van der Waals surface area contributed by atoms with Crippen LogP contribution >= 0.6 is 23.2 Å². The van der Waals surface area contributed by atoms with E-state index in [1.54, 1.807) is 37.8 Å². The van der Waals surface area contributed by atoms with Gasteiger partial charge in [0, 0.05) is 67.4 Å². The van der Waals surface area contributed by atoms with E-state index < -0.39 is 41.1 Å². The molecule has 14 heteroatoms. The van der Waals surface area contributed by atoms with Crippen molar-refractivity contribution < 1.29 is 33.4 Å². The van der Waals surface area contributed by atoms with Gasteiger partial charge < -0.3 is 34.6 Å². The van der Waals surface area contributed by atoms with Gasteiger partial charge in [-0.1, -0.05) is 92.0 Å². The molecule has 0 aromatic heterocycles. The molecule has 0 bridgehead atoms. The molecule has 1 heterocycles. The summed E-state index contributed by atoms with van der Waals surface area (Å²) in [7, 11) is 0. The summed E-state index contributed by atoms with van der Waals surface area (Å²) in [6.45, 7) is 23.1. The van der Waals surface area contributed by atoms with Gasteiger partial charge >= 0.3 is 18.3 Å². The van der Waals surface area contributed by atoms with Gasteiger partial charge in [-0.2, -0.15) is 0 Å². The number of carbonyl (C=O) groups excluding carboxylic acids is 4. The summed E-state index contributed by atoms with van der Waals surface area (Å²) < 4.78 is 16.9. The molecule has 64 heavy (non-hydrogen) atoms. The third-order valence-electron chi connectivity index (χ3n) is 10.6. The Bertz CT molecular complexity index is 2030. The highest BCUT2D eigenvalue weighted by molar-refractivity contribution is 6.35. The van der Waals surface area contributed by atoms with E-state index in [-0.39, 0.29) is 37.5 Å². The van der Waals surface area contributed by atoms with Crippen LogP contribution < -0.4 is 10.6 Å². The van der Waals surface area contributed by atoms with Gasteiger partial charge in [-0.05, 0) is 128 Å². The number of fused-ring (bicyclic) bond motifs is 1. The predicted molar refractivity (Wildman–Crippen MR) is 257 cm³/mol. The second kappa shape index (κ2) is 23.3. The third kappa shape index (κ3) is 18.3. The Labute approximate surface area is 392 Å². The third-order valence-corrected chi connectivity index (χ3v) is 11.2. The zero-order valence-electron chi connectivity index (χ0n) is 40.0. The highest BCUT2D eigenvalue weighted by atomic mass is 35.5. The maximum atomic E-state index is 14.5. The molecule has 4 amide bonds. The van der Waals surface area contributed by atoms with Crippen LogP contribution in [0.3, 0.4) is 0 Å². The molecule has 1 saturated heterocycles. The van der Waals surface area contributed by atoms with E-state index >= 15 is 0 Å².